The summed E-state index contributed by atoms with van der Waals surface area (Å²) < 4.78 is 0. The monoisotopic (exact) mass is 252 g/mol. The standard InChI is InChI=1S/C17H20N2/c1-2-16(19-17-11-7-4-8-12-17)14-18-13-15-9-5-3-6-10-15/h2-12,16,18-19H,1,13-14H2. The first-order valence-corrected chi connectivity index (χ1v) is 6.57. The molecule has 0 fully saturated rings. The fourth-order valence-electron chi connectivity index (χ4n) is 1.91. The molecule has 98 valence electrons. The van der Waals surface area contributed by atoms with Crippen LogP contribution in [0.3, 0.4) is 0 Å². The fraction of sp³-hybridized carbons (Fsp3) is 0.176. The van der Waals surface area contributed by atoms with Gasteiger partial charge in [0.05, 0.1) is 6.04 Å². The van der Waals surface area contributed by atoms with Gasteiger partial charge < -0.3 is 10.6 Å². The smallest absolute Gasteiger partial charge is 0.0566 e. The molecule has 0 aromatic heterocycles. The van der Waals surface area contributed by atoms with Gasteiger partial charge in [-0.25, -0.2) is 0 Å². The van der Waals surface area contributed by atoms with Gasteiger partial charge in [0, 0.05) is 18.8 Å². The normalized spacial score (nSPS) is 11.8. The van der Waals surface area contributed by atoms with Crippen molar-refractivity contribution in [2.24, 2.45) is 0 Å². The van der Waals surface area contributed by atoms with Crippen LogP contribution in [0.15, 0.2) is 73.3 Å². The first-order valence-electron chi connectivity index (χ1n) is 6.57. The molecule has 0 spiro atoms. The zero-order valence-electron chi connectivity index (χ0n) is 11.0. The molecule has 2 aromatic carbocycles. The summed E-state index contributed by atoms with van der Waals surface area (Å²) in [5.41, 5.74) is 2.42. The van der Waals surface area contributed by atoms with Gasteiger partial charge in [-0.15, -0.1) is 6.58 Å². The Labute approximate surface area is 115 Å². The van der Waals surface area contributed by atoms with E-state index in [1.54, 1.807) is 0 Å². The average Bonchev–Trinajstić information content (AvgIpc) is 2.48. The van der Waals surface area contributed by atoms with Crippen molar-refractivity contribution in [3.8, 4) is 0 Å². The molecule has 0 amide bonds. The summed E-state index contributed by atoms with van der Waals surface area (Å²) in [4.78, 5) is 0. The molecule has 1 unspecified atom stereocenters. The quantitative estimate of drug-likeness (QED) is 0.738. The van der Waals surface area contributed by atoms with E-state index >= 15 is 0 Å². The van der Waals surface area contributed by atoms with E-state index in [1.807, 2.05) is 30.3 Å². The van der Waals surface area contributed by atoms with Gasteiger partial charge in [-0.1, -0.05) is 54.6 Å². The number of nitrogens with one attached hydrogen (secondary N) is 2. The summed E-state index contributed by atoms with van der Waals surface area (Å²) in [6.07, 6.45) is 1.94. The Morgan fingerprint density at radius 1 is 0.947 bits per heavy atom. The van der Waals surface area contributed by atoms with Crippen molar-refractivity contribution in [2.45, 2.75) is 12.6 Å². The van der Waals surface area contributed by atoms with E-state index in [1.165, 1.54) is 5.56 Å². The minimum absolute atomic E-state index is 0.228. The fourth-order valence-corrected chi connectivity index (χ4v) is 1.91. The second-order valence-electron chi connectivity index (χ2n) is 4.47. The molecule has 2 aromatic rings. The van der Waals surface area contributed by atoms with Crippen LogP contribution in [0.2, 0.25) is 0 Å². The molecule has 19 heavy (non-hydrogen) atoms. The summed E-state index contributed by atoms with van der Waals surface area (Å²) in [5.74, 6) is 0. The highest BCUT2D eigenvalue weighted by atomic mass is 15.0. The Morgan fingerprint density at radius 2 is 1.58 bits per heavy atom. The maximum absolute atomic E-state index is 3.88. The molecular weight excluding hydrogens is 232 g/mol. The Balaban J connectivity index is 1.78. The van der Waals surface area contributed by atoms with Crippen LogP contribution in [-0.4, -0.2) is 12.6 Å². The Kier molecular flexibility index (Phi) is 5.20. The maximum atomic E-state index is 3.88. The third-order valence-corrected chi connectivity index (χ3v) is 2.95. The van der Waals surface area contributed by atoms with Crippen molar-refractivity contribution in [2.75, 3.05) is 11.9 Å². The Hall–Kier alpha value is -2.06. The summed E-state index contributed by atoms with van der Waals surface area (Å²) in [6, 6.07) is 20.8. The van der Waals surface area contributed by atoms with E-state index in [0.29, 0.717) is 0 Å². The van der Waals surface area contributed by atoms with Crippen LogP contribution in [-0.2, 0) is 6.54 Å². The predicted molar refractivity (Wildman–Crippen MR) is 82.2 cm³/mol. The van der Waals surface area contributed by atoms with Crippen molar-refractivity contribution >= 4 is 5.69 Å². The van der Waals surface area contributed by atoms with Crippen molar-refractivity contribution in [3.63, 3.8) is 0 Å². The molecule has 0 heterocycles. The van der Waals surface area contributed by atoms with Gasteiger partial charge in [0.25, 0.3) is 0 Å². The van der Waals surface area contributed by atoms with Crippen molar-refractivity contribution in [3.05, 3.63) is 78.9 Å². The summed E-state index contributed by atoms with van der Waals surface area (Å²) in [5, 5.41) is 6.87. The van der Waals surface area contributed by atoms with Crippen LogP contribution in [0.1, 0.15) is 5.56 Å². The lowest BCUT2D eigenvalue weighted by Crippen LogP contribution is -2.30. The highest BCUT2D eigenvalue weighted by Gasteiger charge is 2.03. The molecule has 0 aliphatic rings. The van der Waals surface area contributed by atoms with Crippen LogP contribution in [0, 0.1) is 0 Å². The molecule has 2 heteroatoms. The van der Waals surface area contributed by atoms with E-state index in [2.05, 4.69) is 53.6 Å². The lowest BCUT2D eigenvalue weighted by Gasteiger charge is -2.17. The lowest BCUT2D eigenvalue weighted by atomic mass is 10.2. The lowest BCUT2D eigenvalue weighted by molar-refractivity contribution is 0.660. The molecule has 0 aliphatic heterocycles. The average molecular weight is 252 g/mol. The molecule has 0 saturated heterocycles. The Morgan fingerprint density at radius 3 is 2.21 bits per heavy atom. The number of rotatable bonds is 7. The number of hydrogen-bond acceptors (Lipinski definition) is 2. The van der Waals surface area contributed by atoms with Gasteiger partial charge in [0.1, 0.15) is 0 Å². The minimum atomic E-state index is 0.228. The maximum Gasteiger partial charge on any atom is 0.0566 e. The van der Waals surface area contributed by atoms with Gasteiger partial charge in [0.15, 0.2) is 0 Å². The van der Waals surface area contributed by atoms with Crippen LogP contribution >= 0.6 is 0 Å². The number of anilines is 1. The molecule has 0 saturated carbocycles. The zero-order chi connectivity index (χ0) is 13.3. The third kappa shape index (κ3) is 4.60. The van der Waals surface area contributed by atoms with E-state index in [4.69, 9.17) is 0 Å². The van der Waals surface area contributed by atoms with E-state index in [0.717, 1.165) is 18.8 Å². The topological polar surface area (TPSA) is 24.1 Å². The van der Waals surface area contributed by atoms with Crippen molar-refractivity contribution in [1.82, 2.24) is 5.32 Å². The third-order valence-electron chi connectivity index (χ3n) is 2.95. The summed E-state index contributed by atoms with van der Waals surface area (Å²) >= 11 is 0. The van der Waals surface area contributed by atoms with Gasteiger partial charge in [-0.3, -0.25) is 0 Å². The highest BCUT2D eigenvalue weighted by Crippen LogP contribution is 2.07. The first kappa shape index (κ1) is 13.4. The second-order valence-corrected chi connectivity index (χ2v) is 4.47. The number of hydrogen-bond donors (Lipinski definition) is 2. The Bertz CT molecular complexity index is 479. The molecule has 1 atom stereocenters. The first-order chi connectivity index (χ1) is 9.38. The van der Waals surface area contributed by atoms with E-state index in [-0.39, 0.29) is 6.04 Å². The molecule has 0 radical (unpaired) electrons. The summed E-state index contributed by atoms with van der Waals surface area (Å²) in [6.45, 7) is 5.61. The predicted octanol–water partition coefficient (Wildman–Crippen LogP) is 3.44. The van der Waals surface area contributed by atoms with Gasteiger partial charge in [-0.2, -0.15) is 0 Å². The van der Waals surface area contributed by atoms with Gasteiger partial charge in [-0.05, 0) is 17.7 Å². The van der Waals surface area contributed by atoms with E-state index in [9.17, 15) is 0 Å². The van der Waals surface area contributed by atoms with E-state index < -0.39 is 0 Å². The summed E-state index contributed by atoms with van der Waals surface area (Å²) in [7, 11) is 0. The highest BCUT2D eigenvalue weighted by molar-refractivity contribution is 5.44. The minimum Gasteiger partial charge on any atom is -0.378 e. The van der Waals surface area contributed by atoms with Crippen LogP contribution < -0.4 is 10.6 Å². The van der Waals surface area contributed by atoms with Crippen LogP contribution in [0.25, 0.3) is 0 Å². The SMILES string of the molecule is C=CC(CNCc1ccccc1)Nc1ccccc1. The van der Waals surface area contributed by atoms with Crippen molar-refractivity contribution < 1.29 is 0 Å². The van der Waals surface area contributed by atoms with Crippen LogP contribution in [0.4, 0.5) is 5.69 Å². The zero-order valence-corrected chi connectivity index (χ0v) is 11.0. The molecule has 0 aliphatic carbocycles. The molecule has 2 N–H and O–H groups in total. The molecule has 0 bridgehead atoms. The molecule has 2 nitrogen and oxygen atoms in total. The number of benzene rings is 2. The van der Waals surface area contributed by atoms with Gasteiger partial charge >= 0.3 is 0 Å². The molecular formula is C17H20N2. The van der Waals surface area contributed by atoms with Gasteiger partial charge in [0.2, 0.25) is 0 Å². The largest absolute Gasteiger partial charge is 0.378 e. The molecule has 2 rings (SSSR count). The van der Waals surface area contributed by atoms with Crippen LogP contribution in [0.5, 0.6) is 0 Å². The second kappa shape index (κ2) is 7.39. The van der Waals surface area contributed by atoms with Crippen molar-refractivity contribution in [1.29, 1.82) is 0 Å². The number of para-hydroxylation sites is 1.